The minimum atomic E-state index is -4.54. The minimum absolute atomic E-state index is 0.172. The zero-order chi connectivity index (χ0) is 25.2. The summed E-state index contributed by atoms with van der Waals surface area (Å²) in [4.78, 5) is 39.5. The number of ether oxygens (including phenoxy) is 1. The summed E-state index contributed by atoms with van der Waals surface area (Å²) in [7, 11) is 0. The molecule has 1 atom stereocenters. The van der Waals surface area contributed by atoms with Crippen LogP contribution in [-0.4, -0.2) is 31.7 Å². The van der Waals surface area contributed by atoms with E-state index >= 15 is 0 Å². The molecular weight excluding hydrogens is 465 g/mol. The fourth-order valence-corrected chi connectivity index (χ4v) is 3.63. The number of nitrogens with zero attached hydrogens (tertiary/aromatic N) is 4. The molecule has 9 nitrogen and oxygen atoms in total. The van der Waals surface area contributed by atoms with Crippen molar-refractivity contribution >= 4 is 23.3 Å². The molecule has 0 aromatic carbocycles. The molecule has 3 aromatic heterocycles. The van der Waals surface area contributed by atoms with Crippen LogP contribution in [-0.2, 0) is 40.3 Å². The summed E-state index contributed by atoms with van der Waals surface area (Å²) in [6, 6.07) is 6.46. The molecule has 0 radical (unpaired) electrons. The summed E-state index contributed by atoms with van der Waals surface area (Å²) >= 11 is 0. The Hall–Kier alpha value is -4.06. The molecule has 1 aliphatic heterocycles. The van der Waals surface area contributed by atoms with Gasteiger partial charge in [0, 0.05) is 23.5 Å². The number of pyridine rings is 3. The quantitative estimate of drug-likeness (QED) is 0.531. The van der Waals surface area contributed by atoms with Crippen molar-refractivity contribution in [2.24, 2.45) is 0 Å². The van der Waals surface area contributed by atoms with Gasteiger partial charge in [0.1, 0.15) is 5.82 Å². The summed E-state index contributed by atoms with van der Waals surface area (Å²) < 4.78 is 44.1. The molecule has 0 spiro atoms. The van der Waals surface area contributed by atoms with Gasteiger partial charge in [-0.2, -0.15) is 13.2 Å². The number of aromatic nitrogens is 3. The smallest absolute Gasteiger partial charge is 0.383 e. The highest BCUT2D eigenvalue weighted by molar-refractivity contribution is 6.39. The monoisotopic (exact) mass is 486 g/mol. The molecule has 0 bridgehead atoms. The van der Waals surface area contributed by atoms with Crippen LogP contribution in [0, 0.1) is 0 Å². The molecule has 4 heterocycles. The molecule has 1 aliphatic rings. The molecule has 3 N–H and O–H groups in total. The number of nitrogens with one attached hydrogen (secondary N) is 1. The van der Waals surface area contributed by atoms with Gasteiger partial charge in [-0.25, -0.2) is 4.98 Å². The maximum Gasteiger partial charge on any atom is 0.417 e. The maximum atomic E-state index is 13.3. The van der Waals surface area contributed by atoms with Gasteiger partial charge in [-0.05, 0) is 31.2 Å². The molecule has 4 rings (SSSR count). The summed E-state index contributed by atoms with van der Waals surface area (Å²) in [5.41, 5.74) is 7.16. The number of nitrogens with two attached hydrogens (primary N) is 1. The molecule has 35 heavy (non-hydrogen) atoms. The first-order valence-electron chi connectivity index (χ1n) is 10.5. The summed E-state index contributed by atoms with van der Waals surface area (Å²) in [5, 5.41) is 2.55. The van der Waals surface area contributed by atoms with Crippen molar-refractivity contribution in [2.45, 2.75) is 38.9 Å². The van der Waals surface area contributed by atoms with Crippen LogP contribution in [0.2, 0.25) is 0 Å². The lowest BCUT2D eigenvalue weighted by Gasteiger charge is -2.28. The Morgan fingerprint density at radius 2 is 1.89 bits per heavy atom. The molecule has 3 aromatic rings. The SMILES string of the molecule is CC(c1ccccn1)N(Cc1ccc(C(F)(F)F)cn1)C(=O)C(=O)Nc1cnc(N)c2c1COC2. The predicted octanol–water partition coefficient (Wildman–Crippen LogP) is 3.23. The second-order valence-electron chi connectivity index (χ2n) is 7.86. The van der Waals surface area contributed by atoms with Crippen LogP contribution in [0.3, 0.4) is 0 Å². The number of hydrogen-bond donors (Lipinski definition) is 2. The second kappa shape index (κ2) is 9.66. The summed E-state index contributed by atoms with van der Waals surface area (Å²) in [6.07, 6.45) is -0.974. The van der Waals surface area contributed by atoms with Crippen LogP contribution < -0.4 is 11.1 Å². The molecule has 1 unspecified atom stereocenters. The van der Waals surface area contributed by atoms with Crippen LogP contribution in [0.5, 0.6) is 0 Å². The molecule has 0 saturated heterocycles. The Labute approximate surface area is 198 Å². The second-order valence-corrected chi connectivity index (χ2v) is 7.86. The minimum Gasteiger partial charge on any atom is -0.383 e. The number of carbonyl (C=O) groups is 2. The van der Waals surface area contributed by atoms with E-state index in [-0.39, 0.29) is 31.3 Å². The lowest BCUT2D eigenvalue weighted by Crippen LogP contribution is -2.41. The van der Waals surface area contributed by atoms with Gasteiger partial charge in [-0.3, -0.25) is 19.6 Å². The molecule has 0 aliphatic carbocycles. The van der Waals surface area contributed by atoms with Crippen molar-refractivity contribution < 1.29 is 27.5 Å². The van der Waals surface area contributed by atoms with Crippen molar-refractivity contribution in [1.82, 2.24) is 19.9 Å². The Morgan fingerprint density at radius 3 is 2.54 bits per heavy atom. The van der Waals surface area contributed by atoms with Gasteiger partial charge in [0.2, 0.25) is 0 Å². The average Bonchev–Trinajstić information content (AvgIpc) is 3.35. The first-order valence-corrected chi connectivity index (χ1v) is 10.5. The van der Waals surface area contributed by atoms with Gasteiger partial charge >= 0.3 is 18.0 Å². The molecule has 0 saturated carbocycles. The normalized spacial score (nSPS) is 13.7. The van der Waals surface area contributed by atoms with Crippen molar-refractivity contribution in [3.8, 4) is 0 Å². The van der Waals surface area contributed by atoms with Crippen molar-refractivity contribution in [3.05, 3.63) is 77.0 Å². The van der Waals surface area contributed by atoms with E-state index in [2.05, 4.69) is 20.3 Å². The third-order valence-electron chi connectivity index (χ3n) is 5.60. The largest absolute Gasteiger partial charge is 0.417 e. The molecule has 182 valence electrons. The van der Waals surface area contributed by atoms with E-state index in [1.807, 2.05) is 0 Å². The Kier molecular flexibility index (Phi) is 6.65. The number of hydrogen-bond acceptors (Lipinski definition) is 7. The van der Waals surface area contributed by atoms with Gasteiger partial charge < -0.3 is 20.7 Å². The molecule has 12 heteroatoms. The van der Waals surface area contributed by atoms with Gasteiger partial charge in [-0.15, -0.1) is 0 Å². The summed E-state index contributed by atoms with van der Waals surface area (Å²) in [6.45, 7) is 1.89. The zero-order valence-corrected chi connectivity index (χ0v) is 18.5. The molecule has 0 fully saturated rings. The topological polar surface area (TPSA) is 123 Å². The van der Waals surface area contributed by atoms with Crippen LogP contribution in [0.4, 0.5) is 24.7 Å². The molecule has 2 amide bonds. The van der Waals surface area contributed by atoms with E-state index in [1.54, 1.807) is 25.1 Å². The van der Waals surface area contributed by atoms with Gasteiger partial charge in [0.05, 0.1) is 54.6 Å². The number of anilines is 2. The Bertz CT molecular complexity index is 1240. The van der Waals surface area contributed by atoms with Crippen molar-refractivity contribution in [2.75, 3.05) is 11.1 Å². The highest BCUT2D eigenvalue weighted by Gasteiger charge is 2.32. The fourth-order valence-electron chi connectivity index (χ4n) is 3.63. The zero-order valence-electron chi connectivity index (χ0n) is 18.5. The molecular formula is C23H21F3N6O3. The van der Waals surface area contributed by atoms with Gasteiger partial charge in [-0.1, -0.05) is 6.07 Å². The van der Waals surface area contributed by atoms with E-state index in [0.717, 1.165) is 6.07 Å². The number of nitrogen functional groups attached to an aromatic ring is 1. The van der Waals surface area contributed by atoms with E-state index in [9.17, 15) is 22.8 Å². The third kappa shape index (κ3) is 5.22. The number of carbonyl (C=O) groups excluding carboxylic acids is 2. The van der Waals surface area contributed by atoms with E-state index < -0.39 is 29.6 Å². The fraction of sp³-hybridized carbons (Fsp3) is 0.261. The average molecular weight is 486 g/mol. The summed E-state index contributed by atoms with van der Waals surface area (Å²) in [5.74, 6) is -1.60. The van der Waals surface area contributed by atoms with Crippen molar-refractivity contribution in [3.63, 3.8) is 0 Å². The predicted molar refractivity (Wildman–Crippen MR) is 118 cm³/mol. The van der Waals surface area contributed by atoms with Crippen LogP contribution in [0.25, 0.3) is 0 Å². The van der Waals surface area contributed by atoms with E-state index in [1.165, 1.54) is 23.4 Å². The third-order valence-corrected chi connectivity index (χ3v) is 5.60. The maximum absolute atomic E-state index is 13.3. The van der Waals surface area contributed by atoms with Crippen LogP contribution >= 0.6 is 0 Å². The first-order chi connectivity index (χ1) is 16.6. The number of amides is 2. The Balaban J connectivity index is 1.60. The van der Waals surface area contributed by atoms with Gasteiger partial charge in [0.25, 0.3) is 0 Å². The van der Waals surface area contributed by atoms with Crippen molar-refractivity contribution in [1.29, 1.82) is 0 Å². The van der Waals surface area contributed by atoms with Gasteiger partial charge in [0.15, 0.2) is 0 Å². The lowest BCUT2D eigenvalue weighted by molar-refractivity contribution is -0.145. The van der Waals surface area contributed by atoms with E-state index in [0.29, 0.717) is 28.7 Å². The number of rotatable bonds is 5. The Morgan fingerprint density at radius 1 is 1.11 bits per heavy atom. The number of fused-ring (bicyclic) bond motifs is 1. The van der Waals surface area contributed by atoms with Crippen LogP contribution in [0.15, 0.2) is 48.9 Å². The first kappa shape index (κ1) is 24.1. The lowest BCUT2D eigenvalue weighted by atomic mass is 10.1. The van der Waals surface area contributed by atoms with Crippen LogP contribution in [0.1, 0.15) is 41.0 Å². The highest BCUT2D eigenvalue weighted by Crippen LogP contribution is 2.31. The number of halogens is 3. The highest BCUT2D eigenvalue weighted by atomic mass is 19.4. The van der Waals surface area contributed by atoms with E-state index in [4.69, 9.17) is 10.5 Å². The number of alkyl halides is 3. The standard InChI is InChI=1S/C23H21F3N6O3/c1-13(18-4-2-3-7-28-18)32(10-15-6-5-14(8-29-15)23(24,25)26)22(34)21(33)31-19-9-30-20(27)17-12-35-11-16(17)19/h2-9,13H,10-12H2,1H3,(H2,27,30)(H,31,33).